The minimum atomic E-state index is -0.0864. The number of hydrogen-bond acceptors (Lipinski definition) is 2. The fourth-order valence-electron chi connectivity index (χ4n) is 1.38. The molecule has 17 heavy (non-hydrogen) atoms. The van der Waals surface area contributed by atoms with E-state index in [1.807, 2.05) is 0 Å². The van der Waals surface area contributed by atoms with Gasteiger partial charge in [-0.15, -0.1) is 0 Å². The quantitative estimate of drug-likeness (QED) is 0.624. The molecule has 1 N–H and O–H groups in total. The summed E-state index contributed by atoms with van der Waals surface area (Å²) in [5.74, 6) is 0.0596. The predicted molar refractivity (Wildman–Crippen MR) is 64.1 cm³/mol. The van der Waals surface area contributed by atoms with Crippen LogP contribution < -0.4 is 29.6 Å². The van der Waals surface area contributed by atoms with Gasteiger partial charge in [-0.1, -0.05) is 11.6 Å². The molecule has 0 atom stereocenters. The molecule has 0 spiro atoms. The summed E-state index contributed by atoms with van der Waals surface area (Å²) in [4.78, 5) is 11.9. The van der Waals surface area contributed by atoms with Gasteiger partial charge in [0.05, 0.1) is 0 Å². The van der Waals surface area contributed by atoms with E-state index in [9.17, 15) is 4.79 Å². The molecule has 0 saturated heterocycles. The molecule has 2 rings (SSSR count). The average molecular weight is 257 g/mol. The first-order valence-corrected chi connectivity index (χ1v) is 5.14. The van der Waals surface area contributed by atoms with E-state index >= 15 is 0 Å². The number of aromatic hydroxyl groups is 1. The van der Waals surface area contributed by atoms with Gasteiger partial charge in [0, 0.05) is 16.1 Å². The maximum Gasteiger partial charge on any atom is 1.00 e. The SMILES string of the molecule is O=C(c1ccc(O)cc1)c1ccc(Cl)cc1.[H-].[Na+]. The first-order valence-electron chi connectivity index (χ1n) is 4.76. The van der Waals surface area contributed by atoms with E-state index < -0.39 is 0 Å². The van der Waals surface area contributed by atoms with Gasteiger partial charge in [0.15, 0.2) is 5.78 Å². The Morgan fingerprint density at radius 1 is 0.941 bits per heavy atom. The molecule has 0 aliphatic rings. The number of phenols is 1. The summed E-state index contributed by atoms with van der Waals surface area (Å²) in [6, 6.07) is 12.9. The van der Waals surface area contributed by atoms with E-state index in [4.69, 9.17) is 16.7 Å². The van der Waals surface area contributed by atoms with Crippen LogP contribution in [0, 0.1) is 0 Å². The number of rotatable bonds is 2. The molecule has 0 saturated carbocycles. The standard InChI is InChI=1S/C13H9ClO2.Na.H/c14-11-5-1-9(2-6-11)13(16)10-3-7-12(15)8-4-10;;/h1-8,15H;;/q;+1;-1. The number of benzene rings is 2. The van der Waals surface area contributed by atoms with Gasteiger partial charge in [-0.05, 0) is 48.5 Å². The molecule has 0 aliphatic heterocycles. The maximum atomic E-state index is 11.9. The van der Waals surface area contributed by atoms with E-state index in [1.54, 1.807) is 36.4 Å². The molecule has 82 valence electrons. The molecule has 0 bridgehead atoms. The van der Waals surface area contributed by atoms with Gasteiger partial charge in [-0.3, -0.25) is 4.79 Å². The molecule has 0 aliphatic carbocycles. The van der Waals surface area contributed by atoms with Crippen molar-refractivity contribution in [3.05, 3.63) is 64.7 Å². The number of carbonyl (C=O) groups is 1. The summed E-state index contributed by atoms with van der Waals surface area (Å²) < 4.78 is 0. The molecule has 0 heterocycles. The third-order valence-corrected chi connectivity index (χ3v) is 2.49. The summed E-state index contributed by atoms with van der Waals surface area (Å²) in [5.41, 5.74) is 1.12. The van der Waals surface area contributed by atoms with Crippen LogP contribution >= 0.6 is 11.6 Å². The van der Waals surface area contributed by atoms with Crippen LogP contribution in [0.15, 0.2) is 48.5 Å². The monoisotopic (exact) mass is 256 g/mol. The van der Waals surface area contributed by atoms with Crippen molar-refractivity contribution < 1.29 is 40.9 Å². The smallest absolute Gasteiger partial charge is 1.00 e. The van der Waals surface area contributed by atoms with Crippen molar-refractivity contribution in [2.75, 3.05) is 0 Å². The van der Waals surface area contributed by atoms with E-state index in [0.29, 0.717) is 16.1 Å². The Balaban J connectivity index is 0.00000144. The zero-order chi connectivity index (χ0) is 11.5. The second-order valence-electron chi connectivity index (χ2n) is 3.38. The Bertz CT molecular complexity index is 464. The fourth-order valence-corrected chi connectivity index (χ4v) is 1.51. The van der Waals surface area contributed by atoms with Crippen molar-refractivity contribution in [3.63, 3.8) is 0 Å². The summed E-state index contributed by atoms with van der Waals surface area (Å²) in [7, 11) is 0. The minimum Gasteiger partial charge on any atom is -1.00 e. The molecule has 0 amide bonds. The van der Waals surface area contributed by atoms with E-state index in [2.05, 4.69) is 0 Å². The van der Waals surface area contributed by atoms with Crippen LogP contribution in [0.4, 0.5) is 0 Å². The van der Waals surface area contributed by atoms with Crippen LogP contribution in [0.25, 0.3) is 0 Å². The normalized spacial score (nSPS) is 9.47. The van der Waals surface area contributed by atoms with Crippen LogP contribution in [0.3, 0.4) is 0 Å². The van der Waals surface area contributed by atoms with Crippen LogP contribution in [0.2, 0.25) is 5.02 Å². The van der Waals surface area contributed by atoms with Gasteiger partial charge in [-0.25, -0.2) is 0 Å². The molecule has 0 aromatic heterocycles. The maximum absolute atomic E-state index is 11.9. The second kappa shape index (κ2) is 6.22. The van der Waals surface area contributed by atoms with Crippen molar-refractivity contribution in [2.24, 2.45) is 0 Å². The van der Waals surface area contributed by atoms with E-state index in [0.717, 1.165) is 0 Å². The Morgan fingerprint density at radius 2 is 1.35 bits per heavy atom. The summed E-state index contributed by atoms with van der Waals surface area (Å²) in [5, 5.41) is 9.72. The summed E-state index contributed by atoms with van der Waals surface area (Å²) in [6.45, 7) is 0. The predicted octanol–water partition coefficient (Wildman–Crippen LogP) is 0.393. The Kier molecular flexibility index (Phi) is 5.22. The first kappa shape index (κ1) is 14.3. The Morgan fingerprint density at radius 3 is 1.82 bits per heavy atom. The number of ketones is 1. The average Bonchev–Trinajstić information content (AvgIpc) is 2.30. The molecular weight excluding hydrogens is 247 g/mol. The molecule has 0 fully saturated rings. The molecule has 0 radical (unpaired) electrons. The molecule has 4 heteroatoms. The van der Waals surface area contributed by atoms with Crippen molar-refractivity contribution in [3.8, 4) is 5.75 Å². The van der Waals surface area contributed by atoms with Crippen LogP contribution in [0.5, 0.6) is 5.75 Å². The van der Waals surface area contributed by atoms with Crippen molar-refractivity contribution >= 4 is 17.4 Å². The topological polar surface area (TPSA) is 37.3 Å². The van der Waals surface area contributed by atoms with Crippen molar-refractivity contribution in [1.82, 2.24) is 0 Å². The largest absolute Gasteiger partial charge is 1.00 e. The van der Waals surface area contributed by atoms with Crippen LogP contribution in [-0.2, 0) is 0 Å². The summed E-state index contributed by atoms with van der Waals surface area (Å²) >= 11 is 5.74. The van der Waals surface area contributed by atoms with Gasteiger partial charge in [0.25, 0.3) is 0 Å². The number of carbonyl (C=O) groups excluding carboxylic acids is 1. The molecular formula is C13H10ClNaO2. The van der Waals surface area contributed by atoms with Gasteiger partial charge >= 0.3 is 29.6 Å². The Hall–Kier alpha value is -0.800. The number of phenolic OH excluding ortho intramolecular Hbond substituents is 1. The number of hydrogen-bond donors (Lipinski definition) is 1. The zero-order valence-corrected chi connectivity index (χ0v) is 12.1. The van der Waals surface area contributed by atoms with Gasteiger partial charge < -0.3 is 6.53 Å². The second-order valence-corrected chi connectivity index (χ2v) is 3.82. The minimum absolute atomic E-state index is 0. The first-order chi connectivity index (χ1) is 7.66. The third kappa shape index (κ3) is 3.58. The van der Waals surface area contributed by atoms with Crippen molar-refractivity contribution in [2.45, 2.75) is 0 Å². The van der Waals surface area contributed by atoms with E-state index in [1.165, 1.54) is 12.1 Å². The zero-order valence-electron chi connectivity index (χ0n) is 10.4. The molecule has 0 unspecified atom stereocenters. The van der Waals surface area contributed by atoms with E-state index in [-0.39, 0.29) is 42.5 Å². The van der Waals surface area contributed by atoms with Gasteiger partial charge in [0.1, 0.15) is 5.75 Å². The van der Waals surface area contributed by atoms with Crippen LogP contribution in [0.1, 0.15) is 17.3 Å². The van der Waals surface area contributed by atoms with Gasteiger partial charge in [-0.2, -0.15) is 0 Å². The molecule has 2 aromatic rings. The molecule has 2 nitrogen and oxygen atoms in total. The molecule has 2 aromatic carbocycles. The third-order valence-electron chi connectivity index (χ3n) is 2.24. The Labute approximate surface area is 128 Å². The van der Waals surface area contributed by atoms with Crippen LogP contribution in [-0.4, -0.2) is 10.9 Å². The van der Waals surface area contributed by atoms with Gasteiger partial charge in [0.2, 0.25) is 0 Å². The number of halogens is 1. The summed E-state index contributed by atoms with van der Waals surface area (Å²) in [6.07, 6.45) is 0. The fraction of sp³-hybridized carbons (Fsp3) is 0. The van der Waals surface area contributed by atoms with Crippen molar-refractivity contribution in [1.29, 1.82) is 0 Å².